The topological polar surface area (TPSA) is 92.9 Å². The van der Waals surface area contributed by atoms with Gasteiger partial charge in [-0.3, -0.25) is 19.8 Å². The maximum absolute atomic E-state index is 10.8. The lowest BCUT2D eigenvalue weighted by Crippen LogP contribution is -2.28. The third kappa shape index (κ3) is 5.89. The van der Waals surface area contributed by atoms with Crippen molar-refractivity contribution in [1.29, 1.82) is 0 Å². The second-order valence-corrected chi connectivity index (χ2v) is 5.69. The van der Waals surface area contributed by atoms with E-state index in [4.69, 9.17) is 9.84 Å². The van der Waals surface area contributed by atoms with Gasteiger partial charge in [0.05, 0.1) is 11.5 Å². The molecule has 0 aliphatic rings. The molecule has 0 saturated heterocycles. The largest absolute Gasteiger partial charge is 0.486 e. The van der Waals surface area contributed by atoms with Crippen LogP contribution in [0.4, 0.5) is 5.69 Å². The molecule has 1 unspecified atom stereocenters. The first-order chi connectivity index (χ1) is 12.0. The van der Waals surface area contributed by atoms with Crippen LogP contribution < -0.4 is 4.74 Å². The van der Waals surface area contributed by atoms with E-state index in [-0.39, 0.29) is 18.3 Å². The smallest absolute Gasteiger partial charge is 0.317 e. The molecule has 0 fully saturated rings. The Kier molecular flexibility index (Phi) is 6.47. The Balaban J connectivity index is 2.09. The van der Waals surface area contributed by atoms with Crippen LogP contribution >= 0.6 is 0 Å². The number of likely N-dealkylation sites (N-methyl/N-ethyl adjacent to an activating group) is 1. The van der Waals surface area contributed by atoms with Crippen LogP contribution in [0.2, 0.25) is 0 Å². The highest BCUT2D eigenvalue weighted by molar-refractivity contribution is 5.68. The zero-order valence-electron chi connectivity index (χ0n) is 13.9. The summed E-state index contributed by atoms with van der Waals surface area (Å²) in [6.45, 7) is 0.498. The highest BCUT2D eigenvalue weighted by Crippen LogP contribution is 2.26. The molecular weight excluding hydrogens is 324 g/mol. The summed E-state index contributed by atoms with van der Waals surface area (Å²) in [5.74, 6) is -0.351. The molecule has 0 aliphatic heterocycles. The lowest BCUT2D eigenvalue weighted by molar-refractivity contribution is -0.384. The lowest BCUT2D eigenvalue weighted by atomic mass is 10.1. The van der Waals surface area contributed by atoms with Gasteiger partial charge >= 0.3 is 5.97 Å². The third-order valence-electron chi connectivity index (χ3n) is 3.68. The number of aliphatic carboxylic acids is 1. The Bertz CT molecular complexity index is 703. The van der Waals surface area contributed by atoms with E-state index < -0.39 is 10.9 Å². The number of benzene rings is 2. The van der Waals surface area contributed by atoms with Gasteiger partial charge in [0.25, 0.3) is 5.69 Å². The summed E-state index contributed by atoms with van der Waals surface area (Å²) in [4.78, 5) is 22.8. The van der Waals surface area contributed by atoms with E-state index in [0.29, 0.717) is 18.7 Å². The molecule has 0 amide bonds. The average molecular weight is 344 g/mol. The summed E-state index contributed by atoms with van der Waals surface area (Å²) >= 11 is 0. The molecule has 25 heavy (non-hydrogen) atoms. The van der Waals surface area contributed by atoms with Crippen molar-refractivity contribution in [3.63, 3.8) is 0 Å². The molecule has 0 aliphatic carbocycles. The summed E-state index contributed by atoms with van der Waals surface area (Å²) in [6.07, 6.45) is 0.309. The minimum atomic E-state index is -0.880. The fourth-order valence-electron chi connectivity index (χ4n) is 2.42. The van der Waals surface area contributed by atoms with Crippen LogP contribution in [0.25, 0.3) is 0 Å². The van der Waals surface area contributed by atoms with Gasteiger partial charge in [-0.2, -0.15) is 0 Å². The van der Waals surface area contributed by atoms with Crippen molar-refractivity contribution in [1.82, 2.24) is 4.90 Å². The molecule has 0 heterocycles. The molecule has 2 aromatic rings. The summed E-state index contributed by atoms with van der Waals surface area (Å²) in [7, 11) is 1.74. The molecule has 132 valence electrons. The fourth-order valence-corrected chi connectivity index (χ4v) is 2.42. The molecule has 0 spiro atoms. The normalized spacial score (nSPS) is 11.9. The number of rotatable bonds is 9. The monoisotopic (exact) mass is 344 g/mol. The second kappa shape index (κ2) is 8.79. The molecule has 7 nitrogen and oxygen atoms in total. The van der Waals surface area contributed by atoms with Gasteiger partial charge in [0.1, 0.15) is 11.9 Å². The van der Waals surface area contributed by atoms with Crippen LogP contribution in [0.3, 0.4) is 0 Å². The van der Waals surface area contributed by atoms with Crippen LogP contribution in [0.1, 0.15) is 18.1 Å². The van der Waals surface area contributed by atoms with E-state index in [2.05, 4.69) is 0 Å². The van der Waals surface area contributed by atoms with Crippen molar-refractivity contribution in [3.8, 4) is 5.75 Å². The van der Waals surface area contributed by atoms with Gasteiger partial charge in [-0.25, -0.2) is 0 Å². The first kappa shape index (κ1) is 18.4. The number of ether oxygens (including phenoxy) is 1. The third-order valence-corrected chi connectivity index (χ3v) is 3.68. The summed E-state index contributed by atoms with van der Waals surface area (Å²) < 4.78 is 5.99. The van der Waals surface area contributed by atoms with Crippen LogP contribution in [-0.4, -0.2) is 41.0 Å². The van der Waals surface area contributed by atoms with Gasteiger partial charge in [-0.1, -0.05) is 30.3 Å². The Morgan fingerprint density at radius 1 is 1.20 bits per heavy atom. The van der Waals surface area contributed by atoms with Crippen molar-refractivity contribution in [2.24, 2.45) is 0 Å². The summed E-state index contributed by atoms with van der Waals surface area (Å²) in [5.41, 5.74) is 0.967. The van der Waals surface area contributed by atoms with Crippen molar-refractivity contribution in [2.45, 2.75) is 12.5 Å². The van der Waals surface area contributed by atoms with Crippen LogP contribution in [0.5, 0.6) is 5.75 Å². The number of carbonyl (C=O) groups is 1. The Hall–Kier alpha value is -2.93. The highest BCUT2D eigenvalue weighted by Gasteiger charge is 2.16. The Morgan fingerprint density at radius 3 is 2.40 bits per heavy atom. The van der Waals surface area contributed by atoms with Gasteiger partial charge in [0.2, 0.25) is 0 Å². The fraction of sp³-hybridized carbons (Fsp3) is 0.278. The highest BCUT2D eigenvalue weighted by atomic mass is 16.6. The standard InChI is InChI=1S/C18H20N2O5/c1-19(13-18(21)22)12-11-17(14-5-3-2-4-6-14)25-16-9-7-15(8-10-16)20(23)24/h2-10,17H,11-13H2,1H3,(H,21,22). The van der Waals surface area contributed by atoms with E-state index in [1.807, 2.05) is 30.3 Å². The summed E-state index contributed by atoms with van der Waals surface area (Å²) in [6, 6.07) is 15.5. The molecular formula is C18H20N2O5. The van der Waals surface area contributed by atoms with E-state index in [1.54, 1.807) is 24.1 Å². The van der Waals surface area contributed by atoms with E-state index >= 15 is 0 Å². The molecule has 0 radical (unpaired) electrons. The van der Waals surface area contributed by atoms with Crippen LogP contribution in [-0.2, 0) is 4.79 Å². The van der Waals surface area contributed by atoms with Crippen LogP contribution in [0.15, 0.2) is 54.6 Å². The number of carboxylic acids is 1. The predicted molar refractivity (Wildman–Crippen MR) is 92.7 cm³/mol. The zero-order chi connectivity index (χ0) is 18.2. The van der Waals surface area contributed by atoms with E-state index in [1.165, 1.54) is 12.1 Å². The number of nitro groups is 1. The number of non-ortho nitro benzene ring substituents is 1. The molecule has 2 aromatic carbocycles. The minimum absolute atomic E-state index is 0.00445. The van der Waals surface area contributed by atoms with Gasteiger partial charge < -0.3 is 9.84 Å². The maximum Gasteiger partial charge on any atom is 0.317 e. The van der Waals surface area contributed by atoms with Gasteiger partial charge in [-0.15, -0.1) is 0 Å². The van der Waals surface area contributed by atoms with Crippen LogP contribution in [0, 0.1) is 10.1 Å². The maximum atomic E-state index is 10.8. The van der Waals surface area contributed by atoms with Gasteiger partial charge in [0.15, 0.2) is 0 Å². The molecule has 1 N–H and O–H groups in total. The number of hydrogen-bond donors (Lipinski definition) is 1. The van der Waals surface area contributed by atoms with Crippen molar-refractivity contribution in [3.05, 3.63) is 70.3 Å². The SMILES string of the molecule is CN(CCC(Oc1ccc([N+](=O)[O-])cc1)c1ccccc1)CC(=O)O. The first-order valence-electron chi connectivity index (χ1n) is 7.82. The minimum Gasteiger partial charge on any atom is -0.486 e. The van der Waals surface area contributed by atoms with Crippen molar-refractivity contribution < 1.29 is 19.6 Å². The molecule has 0 aromatic heterocycles. The summed E-state index contributed by atoms with van der Waals surface area (Å²) in [5, 5.41) is 19.6. The number of nitrogens with zero attached hydrogens (tertiary/aromatic N) is 2. The molecule has 1 atom stereocenters. The first-order valence-corrected chi connectivity index (χ1v) is 7.82. The second-order valence-electron chi connectivity index (χ2n) is 5.69. The number of hydrogen-bond acceptors (Lipinski definition) is 5. The van der Waals surface area contributed by atoms with Crippen molar-refractivity contribution in [2.75, 3.05) is 20.1 Å². The zero-order valence-corrected chi connectivity index (χ0v) is 13.9. The average Bonchev–Trinajstić information content (AvgIpc) is 2.59. The molecule has 0 saturated carbocycles. The van der Waals surface area contributed by atoms with E-state index in [0.717, 1.165) is 5.56 Å². The molecule has 0 bridgehead atoms. The number of carboxylic acid groups (broad SMARTS) is 1. The Labute approximate surface area is 145 Å². The predicted octanol–water partition coefficient (Wildman–Crippen LogP) is 3.12. The quantitative estimate of drug-likeness (QED) is 0.555. The lowest BCUT2D eigenvalue weighted by Gasteiger charge is -2.22. The molecule has 7 heteroatoms. The Morgan fingerprint density at radius 2 is 1.84 bits per heavy atom. The number of nitro benzene ring substituents is 1. The van der Waals surface area contributed by atoms with Crippen molar-refractivity contribution >= 4 is 11.7 Å². The van der Waals surface area contributed by atoms with Gasteiger partial charge in [0, 0.05) is 25.1 Å². The molecule has 2 rings (SSSR count). The van der Waals surface area contributed by atoms with Gasteiger partial charge in [-0.05, 0) is 24.7 Å². The van der Waals surface area contributed by atoms with E-state index in [9.17, 15) is 14.9 Å².